The molecule has 0 unspecified atom stereocenters. The number of carbonyl (C=O) groups excluding carboxylic acids is 1. The molecule has 10 heteroatoms. The Morgan fingerprint density at radius 1 is 1.14 bits per heavy atom. The van der Waals surface area contributed by atoms with Crippen molar-refractivity contribution >= 4 is 34.8 Å². The Bertz CT molecular complexity index is 839. The molecule has 10 nitrogen and oxygen atoms in total. The van der Waals surface area contributed by atoms with Crippen LogP contribution in [-0.2, 0) is 14.3 Å². The van der Waals surface area contributed by atoms with E-state index >= 15 is 0 Å². The molecule has 3 rings (SSSR count). The van der Waals surface area contributed by atoms with Crippen LogP contribution < -0.4 is 4.90 Å². The van der Waals surface area contributed by atoms with Crippen molar-refractivity contribution in [3.8, 4) is 0 Å². The first-order valence-electron chi connectivity index (χ1n) is 8.65. The highest BCUT2D eigenvalue weighted by atomic mass is 16.6. The highest BCUT2D eigenvalue weighted by Gasteiger charge is 2.23. The third-order valence-electron chi connectivity index (χ3n) is 3.94. The summed E-state index contributed by atoms with van der Waals surface area (Å²) in [6.07, 6.45) is 2.61. The number of benzene rings is 1. The monoisotopic (exact) mass is 390 g/mol. The van der Waals surface area contributed by atoms with Gasteiger partial charge < -0.3 is 29.7 Å². The van der Waals surface area contributed by atoms with Gasteiger partial charge in [-0.2, -0.15) is 0 Å². The van der Waals surface area contributed by atoms with Gasteiger partial charge in [0.15, 0.2) is 0 Å². The van der Waals surface area contributed by atoms with Gasteiger partial charge in [0, 0.05) is 38.3 Å². The second-order valence-electron chi connectivity index (χ2n) is 5.76. The number of rotatable bonds is 4. The van der Waals surface area contributed by atoms with Crippen LogP contribution in [0, 0.1) is 0 Å². The number of carboxylic acids is 2. The maximum absolute atomic E-state index is 11.7. The largest absolute Gasteiger partial charge is 0.478 e. The van der Waals surface area contributed by atoms with Crippen molar-refractivity contribution in [3.63, 3.8) is 0 Å². The van der Waals surface area contributed by atoms with E-state index in [0.717, 1.165) is 29.8 Å². The van der Waals surface area contributed by atoms with Gasteiger partial charge in [0.1, 0.15) is 5.52 Å². The molecule has 0 saturated carbocycles. The Morgan fingerprint density at radius 2 is 1.79 bits per heavy atom. The van der Waals surface area contributed by atoms with Gasteiger partial charge in [0.25, 0.3) is 0 Å². The van der Waals surface area contributed by atoms with Gasteiger partial charge in [0.05, 0.1) is 24.1 Å². The van der Waals surface area contributed by atoms with Gasteiger partial charge in [-0.1, -0.05) is 6.07 Å². The van der Waals surface area contributed by atoms with Crippen molar-refractivity contribution < 1.29 is 29.3 Å². The van der Waals surface area contributed by atoms with Crippen LogP contribution >= 0.6 is 0 Å². The molecule has 0 radical (unpaired) electrons. The zero-order chi connectivity index (χ0) is 20.5. The summed E-state index contributed by atoms with van der Waals surface area (Å²) >= 11 is 0. The minimum Gasteiger partial charge on any atom is -0.478 e. The van der Waals surface area contributed by atoms with Crippen molar-refractivity contribution in [1.29, 1.82) is 0 Å². The van der Waals surface area contributed by atoms with E-state index in [-0.39, 0.29) is 6.09 Å². The smallest absolute Gasteiger partial charge is 0.409 e. The normalized spacial score (nSPS) is 13.9. The zero-order valence-electron chi connectivity index (χ0n) is 15.4. The number of piperazine rings is 1. The SMILES string of the molecule is CCOC(=O)N1CCN(c2cccc3[nH]cnc23)CC1.O=C(O)/C=C/C(=O)O. The maximum Gasteiger partial charge on any atom is 0.409 e. The summed E-state index contributed by atoms with van der Waals surface area (Å²) in [7, 11) is 0. The number of carbonyl (C=O) groups is 3. The third kappa shape index (κ3) is 5.73. The fraction of sp³-hybridized carbons (Fsp3) is 0.333. The summed E-state index contributed by atoms with van der Waals surface area (Å²) in [5.41, 5.74) is 3.14. The van der Waals surface area contributed by atoms with E-state index in [0.29, 0.717) is 31.8 Å². The summed E-state index contributed by atoms with van der Waals surface area (Å²) in [5.74, 6) is -2.51. The lowest BCUT2D eigenvalue weighted by molar-refractivity contribution is -0.134. The molecule has 0 aliphatic carbocycles. The van der Waals surface area contributed by atoms with Gasteiger partial charge in [0.2, 0.25) is 0 Å². The summed E-state index contributed by atoms with van der Waals surface area (Å²) in [6.45, 7) is 5.20. The standard InChI is InChI=1S/C14H18N4O2.C4H4O4/c1-2-20-14(19)18-8-6-17(7-9-18)12-5-3-4-11-13(12)16-10-15-11;5-3(6)1-2-4(7)8/h3-5,10H,2,6-9H2,1H3,(H,15,16);1-2H,(H,5,6)(H,7,8)/b;2-1+. The number of aliphatic carboxylic acids is 2. The van der Waals surface area contributed by atoms with E-state index in [9.17, 15) is 14.4 Å². The number of anilines is 1. The van der Waals surface area contributed by atoms with E-state index in [2.05, 4.69) is 20.9 Å². The zero-order valence-corrected chi connectivity index (χ0v) is 15.4. The number of imidazole rings is 1. The van der Waals surface area contributed by atoms with Crippen molar-refractivity contribution in [2.24, 2.45) is 0 Å². The predicted molar refractivity (Wildman–Crippen MR) is 101 cm³/mol. The van der Waals surface area contributed by atoms with E-state index in [1.807, 2.05) is 19.1 Å². The number of carboxylic acid groups (broad SMARTS) is 2. The van der Waals surface area contributed by atoms with Crippen molar-refractivity contribution in [3.05, 3.63) is 36.7 Å². The molecule has 2 aromatic rings. The molecule has 1 amide bonds. The Hall–Kier alpha value is -3.56. The van der Waals surface area contributed by atoms with Gasteiger partial charge in [-0.3, -0.25) is 0 Å². The van der Waals surface area contributed by atoms with Gasteiger partial charge in [-0.25, -0.2) is 19.4 Å². The molecule has 0 bridgehead atoms. The predicted octanol–water partition coefficient (Wildman–Crippen LogP) is 1.55. The number of aromatic amines is 1. The highest BCUT2D eigenvalue weighted by Crippen LogP contribution is 2.25. The van der Waals surface area contributed by atoms with Crippen molar-refractivity contribution in [1.82, 2.24) is 14.9 Å². The minimum absolute atomic E-state index is 0.217. The van der Waals surface area contributed by atoms with E-state index in [4.69, 9.17) is 14.9 Å². The molecule has 1 aliphatic rings. The van der Waals surface area contributed by atoms with Crippen LogP contribution in [0.1, 0.15) is 6.92 Å². The second kappa shape index (κ2) is 9.95. The quantitative estimate of drug-likeness (QED) is 0.669. The Kier molecular flexibility index (Phi) is 7.37. The molecule has 1 aromatic heterocycles. The molecule has 1 fully saturated rings. The fourth-order valence-corrected chi connectivity index (χ4v) is 2.69. The van der Waals surface area contributed by atoms with Crippen LogP contribution in [0.5, 0.6) is 0 Å². The second-order valence-corrected chi connectivity index (χ2v) is 5.76. The minimum atomic E-state index is -1.26. The van der Waals surface area contributed by atoms with Crippen LogP contribution in [0.2, 0.25) is 0 Å². The molecule has 0 atom stereocenters. The first-order valence-corrected chi connectivity index (χ1v) is 8.65. The van der Waals surface area contributed by atoms with Gasteiger partial charge in [-0.15, -0.1) is 0 Å². The lowest BCUT2D eigenvalue weighted by Gasteiger charge is -2.35. The van der Waals surface area contributed by atoms with E-state index in [1.165, 1.54) is 0 Å². The molecule has 1 saturated heterocycles. The first kappa shape index (κ1) is 20.7. The summed E-state index contributed by atoms with van der Waals surface area (Å²) in [6, 6.07) is 6.11. The molecular weight excluding hydrogens is 368 g/mol. The molecule has 1 aromatic carbocycles. The first-order chi connectivity index (χ1) is 13.4. The van der Waals surface area contributed by atoms with Crippen LogP contribution in [0.4, 0.5) is 10.5 Å². The Balaban J connectivity index is 0.000000300. The average molecular weight is 390 g/mol. The number of amides is 1. The molecule has 3 N–H and O–H groups in total. The molecule has 150 valence electrons. The molecular formula is C18H22N4O6. The van der Waals surface area contributed by atoms with Crippen LogP contribution in [0.3, 0.4) is 0 Å². The van der Waals surface area contributed by atoms with Crippen molar-refractivity contribution in [2.45, 2.75) is 6.92 Å². The summed E-state index contributed by atoms with van der Waals surface area (Å²) in [4.78, 5) is 42.3. The number of ether oxygens (including phenoxy) is 1. The Morgan fingerprint density at radius 3 is 2.36 bits per heavy atom. The van der Waals surface area contributed by atoms with Crippen molar-refractivity contribution in [2.75, 3.05) is 37.7 Å². The number of hydrogen-bond donors (Lipinski definition) is 3. The molecule has 1 aliphatic heterocycles. The number of nitrogens with one attached hydrogen (secondary N) is 1. The summed E-state index contributed by atoms with van der Waals surface area (Å²) in [5, 5.41) is 15.6. The Labute approximate surface area is 161 Å². The highest BCUT2D eigenvalue weighted by molar-refractivity contribution is 5.89. The van der Waals surface area contributed by atoms with Crippen LogP contribution in [0.15, 0.2) is 36.7 Å². The van der Waals surface area contributed by atoms with E-state index in [1.54, 1.807) is 11.2 Å². The summed E-state index contributed by atoms with van der Waals surface area (Å²) < 4.78 is 5.03. The number of fused-ring (bicyclic) bond motifs is 1. The lowest BCUT2D eigenvalue weighted by Crippen LogP contribution is -2.49. The van der Waals surface area contributed by atoms with Gasteiger partial charge in [-0.05, 0) is 19.1 Å². The van der Waals surface area contributed by atoms with Crippen LogP contribution in [-0.4, -0.2) is 75.9 Å². The van der Waals surface area contributed by atoms with Crippen LogP contribution in [0.25, 0.3) is 11.0 Å². The maximum atomic E-state index is 11.7. The number of aromatic nitrogens is 2. The fourth-order valence-electron chi connectivity index (χ4n) is 2.69. The van der Waals surface area contributed by atoms with E-state index < -0.39 is 11.9 Å². The number of nitrogens with zero attached hydrogens (tertiary/aromatic N) is 3. The molecule has 28 heavy (non-hydrogen) atoms. The average Bonchev–Trinajstić information content (AvgIpc) is 3.16. The topological polar surface area (TPSA) is 136 Å². The third-order valence-corrected chi connectivity index (χ3v) is 3.94. The molecule has 0 spiro atoms. The lowest BCUT2D eigenvalue weighted by atomic mass is 10.2. The number of hydrogen-bond acceptors (Lipinski definition) is 6. The number of H-pyrrole nitrogens is 1. The molecule has 2 heterocycles. The van der Waals surface area contributed by atoms with Gasteiger partial charge >= 0.3 is 18.0 Å². The number of para-hydroxylation sites is 1.